The molecule has 3 heterocycles. The average molecular weight is 692 g/mol. The number of aromatic nitrogens is 1. The minimum absolute atomic E-state index is 0.0135. The van der Waals surface area contributed by atoms with Crippen molar-refractivity contribution in [1.82, 2.24) is 19.3 Å². The predicted molar refractivity (Wildman–Crippen MR) is 201 cm³/mol. The minimum Gasteiger partial charge on any atom is -0.496 e. The monoisotopic (exact) mass is 691 g/mol. The Hall–Kier alpha value is -4.39. The smallest absolute Gasteiger partial charge is 0.264 e. The minimum atomic E-state index is -0.250. The maximum absolute atomic E-state index is 13.5. The molecule has 1 spiro atoms. The fraction of sp³-hybridized carbons (Fsp3) is 0.500. The van der Waals surface area contributed by atoms with Gasteiger partial charge in [0.05, 0.1) is 25.8 Å². The highest BCUT2D eigenvalue weighted by atomic mass is 16.5. The largest absolute Gasteiger partial charge is 0.496 e. The molecular formula is C42H53N5O4. The second kappa shape index (κ2) is 14.0. The number of nitrogens with zero attached hydrogens (tertiary/aromatic N) is 5. The fourth-order valence-electron chi connectivity index (χ4n) is 8.19. The lowest BCUT2D eigenvalue weighted by Crippen LogP contribution is -2.54. The number of piperazine rings is 1. The summed E-state index contributed by atoms with van der Waals surface area (Å²) in [7, 11) is 5.21. The van der Waals surface area contributed by atoms with Gasteiger partial charge in [0.1, 0.15) is 23.1 Å². The zero-order chi connectivity index (χ0) is 36.8. The van der Waals surface area contributed by atoms with E-state index in [1.807, 2.05) is 45.7 Å². The van der Waals surface area contributed by atoms with Crippen molar-refractivity contribution in [3.8, 4) is 28.7 Å². The van der Waals surface area contributed by atoms with Gasteiger partial charge in [0.15, 0.2) is 0 Å². The van der Waals surface area contributed by atoms with Crippen molar-refractivity contribution in [3.63, 3.8) is 0 Å². The number of ether oxygens (including phenoxy) is 2. The summed E-state index contributed by atoms with van der Waals surface area (Å²) >= 11 is 0. The molecule has 6 rings (SSSR count). The number of methoxy groups -OCH3 is 2. The standard InChI is InChI=1S/C42H53N5O4/c1-27-28(2)39(48)44(7)24-35(27)31-19-37(50-8)36(38(20-31)51-9)25-45-17-18-46(42(26-45)14-15-42)23-30-11-10-12-33-29(3)47(16-13-34(30)33)40(49)32(22-43)21-41(4,5)6/h10-12,19-21,24,29H,13-18,23,25-26H2,1-9H3/b32-21+. The van der Waals surface area contributed by atoms with Gasteiger partial charge in [-0.05, 0) is 85.4 Å². The number of rotatable bonds is 8. The molecule has 51 heavy (non-hydrogen) atoms. The molecule has 0 N–H and O–H groups in total. The first-order valence-corrected chi connectivity index (χ1v) is 18.1. The van der Waals surface area contributed by atoms with E-state index in [-0.39, 0.29) is 34.0 Å². The van der Waals surface area contributed by atoms with Crippen LogP contribution in [0.15, 0.2) is 53.0 Å². The number of pyridine rings is 1. The molecule has 1 saturated heterocycles. The zero-order valence-corrected chi connectivity index (χ0v) is 31.9. The van der Waals surface area contributed by atoms with E-state index in [0.717, 1.165) is 78.5 Å². The van der Waals surface area contributed by atoms with Crippen LogP contribution in [0.2, 0.25) is 0 Å². The van der Waals surface area contributed by atoms with Crippen LogP contribution in [-0.4, -0.2) is 71.1 Å². The number of benzene rings is 2. The Morgan fingerprint density at radius 2 is 1.73 bits per heavy atom. The van der Waals surface area contributed by atoms with Gasteiger partial charge in [0.2, 0.25) is 0 Å². The number of amides is 1. The van der Waals surface area contributed by atoms with E-state index in [1.165, 1.54) is 29.5 Å². The number of nitriles is 1. The van der Waals surface area contributed by atoms with Crippen molar-refractivity contribution in [2.75, 3.05) is 40.4 Å². The molecule has 0 bridgehead atoms. The summed E-state index contributed by atoms with van der Waals surface area (Å²) in [6.07, 6.45) is 6.82. The normalized spacial score (nSPS) is 19.1. The Morgan fingerprint density at radius 3 is 2.33 bits per heavy atom. The number of hydrogen-bond donors (Lipinski definition) is 0. The molecule has 1 amide bonds. The van der Waals surface area contributed by atoms with E-state index in [0.29, 0.717) is 6.54 Å². The molecule has 2 fully saturated rings. The average Bonchev–Trinajstić information content (AvgIpc) is 3.88. The molecule has 2 aliphatic heterocycles. The van der Waals surface area contributed by atoms with Crippen LogP contribution in [0.4, 0.5) is 0 Å². The summed E-state index contributed by atoms with van der Waals surface area (Å²) in [5.74, 6) is 1.40. The summed E-state index contributed by atoms with van der Waals surface area (Å²) in [5.41, 5.74) is 8.72. The van der Waals surface area contributed by atoms with Gasteiger partial charge in [-0.15, -0.1) is 0 Å². The molecule has 0 radical (unpaired) electrons. The molecule has 1 saturated carbocycles. The topological polar surface area (TPSA) is 91.0 Å². The van der Waals surface area contributed by atoms with Gasteiger partial charge in [-0.1, -0.05) is 45.0 Å². The molecule has 1 aliphatic carbocycles. The maximum Gasteiger partial charge on any atom is 0.264 e. The number of allylic oxidation sites excluding steroid dienone is 1. The first kappa shape index (κ1) is 36.4. The zero-order valence-electron chi connectivity index (χ0n) is 31.9. The number of aryl methyl sites for hydroxylation is 1. The van der Waals surface area contributed by atoms with Gasteiger partial charge >= 0.3 is 0 Å². The van der Waals surface area contributed by atoms with E-state index in [1.54, 1.807) is 31.9 Å². The van der Waals surface area contributed by atoms with Gasteiger partial charge in [0, 0.05) is 69.2 Å². The quantitative estimate of drug-likeness (QED) is 0.197. The third kappa shape index (κ3) is 7.09. The second-order valence-corrected chi connectivity index (χ2v) is 15.9. The highest BCUT2D eigenvalue weighted by molar-refractivity contribution is 5.97. The Bertz CT molecular complexity index is 1950. The Morgan fingerprint density at radius 1 is 1.04 bits per heavy atom. The van der Waals surface area contributed by atoms with E-state index in [4.69, 9.17) is 9.47 Å². The molecule has 3 aliphatic rings. The lowest BCUT2D eigenvalue weighted by atomic mass is 9.88. The molecule has 1 unspecified atom stereocenters. The first-order valence-electron chi connectivity index (χ1n) is 18.1. The molecule has 3 aromatic rings. The summed E-state index contributed by atoms with van der Waals surface area (Å²) in [5, 5.41) is 9.80. The Balaban J connectivity index is 1.18. The molecule has 270 valence electrons. The van der Waals surface area contributed by atoms with Crippen LogP contribution in [0.3, 0.4) is 0 Å². The van der Waals surface area contributed by atoms with E-state index in [2.05, 4.69) is 53.1 Å². The summed E-state index contributed by atoms with van der Waals surface area (Å²) in [4.78, 5) is 33.1. The number of hydrogen-bond acceptors (Lipinski definition) is 7. The van der Waals surface area contributed by atoms with Crippen molar-refractivity contribution in [2.24, 2.45) is 12.5 Å². The van der Waals surface area contributed by atoms with Crippen LogP contribution < -0.4 is 15.0 Å². The van der Waals surface area contributed by atoms with Crippen molar-refractivity contribution in [3.05, 3.63) is 91.9 Å². The van der Waals surface area contributed by atoms with Crippen LogP contribution in [-0.2, 0) is 31.4 Å². The Labute approximate surface area is 303 Å². The summed E-state index contributed by atoms with van der Waals surface area (Å²) in [6, 6.07) is 12.8. The van der Waals surface area contributed by atoms with Crippen molar-refractivity contribution in [1.29, 1.82) is 5.26 Å². The van der Waals surface area contributed by atoms with Gasteiger partial charge in [-0.25, -0.2) is 0 Å². The lowest BCUT2D eigenvalue weighted by molar-refractivity contribution is -0.129. The van der Waals surface area contributed by atoms with Crippen LogP contribution in [0.5, 0.6) is 11.5 Å². The molecule has 9 heteroatoms. The van der Waals surface area contributed by atoms with Gasteiger partial charge in [-0.3, -0.25) is 19.4 Å². The number of carbonyl (C=O) groups is 1. The van der Waals surface area contributed by atoms with E-state index < -0.39 is 0 Å². The highest BCUT2D eigenvalue weighted by Gasteiger charge is 2.51. The lowest BCUT2D eigenvalue weighted by Gasteiger charge is -2.43. The molecular weight excluding hydrogens is 638 g/mol. The molecule has 1 aromatic heterocycles. The SMILES string of the molecule is COc1cc(-c2cn(C)c(=O)c(C)c2C)cc(OC)c1CN1CCN(Cc2cccc3c2CCN(C(=O)/C(C#N)=C/C(C)(C)C)C3C)C2(CC2)C1. The summed E-state index contributed by atoms with van der Waals surface area (Å²) < 4.78 is 13.6. The van der Waals surface area contributed by atoms with Crippen LogP contribution in [0, 0.1) is 30.6 Å². The van der Waals surface area contributed by atoms with E-state index in [9.17, 15) is 14.9 Å². The van der Waals surface area contributed by atoms with Crippen molar-refractivity contribution < 1.29 is 14.3 Å². The van der Waals surface area contributed by atoms with Crippen LogP contribution in [0.25, 0.3) is 11.1 Å². The third-order valence-corrected chi connectivity index (χ3v) is 11.3. The van der Waals surface area contributed by atoms with Gasteiger partial charge in [-0.2, -0.15) is 5.26 Å². The van der Waals surface area contributed by atoms with Crippen molar-refractivity contribution in [2.45, 2.75) is 85.5 Å². The van der Waals surface area contributed by atoms with Crippen LogP contribution >= 0.6 is 0 Å². The Kier molecular flexibility index (Phi) is 9.97. The van der Waals surface area contributed by atoms with Gasteiger partial charge in [0.25, 0.3) is 11.5 Å². The van der Waals surface area contributed by atoms with Crippen molar-refractivity contribution >= 4 is 5.91 Å². The third-order valence-electron chi connectivity index (χ3n) is 11.3. The molecule has 9 nitrogen and oxygen atoms in total. The summed E-state index contributed by atoms with van der Waals surface area (Å²) in [6.45, 7) is 17.1. The molecule has 2 aromatic carbocycles. The highest BCUT2D eigenvalue weighted by Crippen LogP contribution is 2.47. The van der Waals surface area contributed by atoms with Gasteiger partial charge < -0.3 is 18.9 Å². The maximum atomic E-state index is 13.5. The predicted octanol–water partition coefficient (Wildman–Crippen LogP) is 6.48. The van der Waals surface area contributed by atoms with Crippen LogP contribution in [0.1, 0.15) is 80.0 Å². The van der Waals surface area contributed by atoms with E-state index >= 15 is 0 Å². The molecule has 1 atom stereocenters. The second-order valence-electron chi connectivity index (χ2n) is 15.9. The first-order chi connectivity index (χ1) is 24.2. The fourth-order valence-corrected chi connectivity index (χ4v) is 8.19. The number of fused-ring (bicyclic) bond motifs is 1. The number of carbonyl (C=O) groups excluding carboxylic acids is 1.